The van der Waals surface area contributed by atoms with Gasteiger partial charge < -0.3 is 0 Å². The Labute approximate surface area is 145 Å². The molecule has 0 fully saturated rings. The van der Waals surface area contributed by atoms with Crippen molar-refractivity contribution in [3.05, 3.63) is 56.5 Å². The van der Waals surface area contributed by atoms with E-state index in [0.717, 1.165) is 17.5 Å². The summed E-state index contributed by atoms with van der Waals surface area (Å²) >= 11 is 10.3. The third-order valence-electron chi connectivity index (χ3n) is 3.22. The molecule has 0 aliphatic carbocycles. The van der Waals surface area contributed by atoms with Gasteiger partial charge in [0, 0.05) is 6.42 Å². The van der Waals surface area contributed by atoms with Crippen LogP contribution in [0.3, 0.4) is 0 Å². The van der Waals surface area contributed by atoms with Gasteiger partial charge in [0.15, 0.2) is 0 Å². The molecule has 0 atom stereocenters. The first-order valence-corrected chi connectivity index (χ1v) is 7.93. The topological polar surface area (TPSA) is 72.2 Å². The lowest BCUT2D eigenvalue weighted by Gasteiger charge is -2.17. The molecule has 122 valence electrons. The van der Waals surface area contributed by atoms with Crippen LogP contribution in [-0.4, -0.2) is 14.9 Å². The van der Waals surface area contributed by atoms with E-state index in [9.17, 15) is 10.1 Å². The minimum absolute atomic E-state index is 0.113. The second-order valence-electron chi connectivity index (χ2n) is 5.15. The second-order valence-corrected chi connectivity index (χ2v) is 5.99. The van der Waals surface area contributed by atoms with Crippen LogP contribution >= 0.6 is 24.4 Å². The average Bonchev–Trinajstić information content (AvgIpc) is 2.48. The van der Waals surface area contributed by atoms with Gasteiger partial charge in [-0.3, -0.25) is 14.4 Å². The number of aryl methyl sites for hydroxylation is 2. The zero-order valence-electron chi connectivity index (χ0n) is 12.9. The Kier molecular flexibility index (Phi) is 5.79. The highest BCUT2D eigenvalue weighted by atomic mass is 35.5. The molecule has 0 N–H and O–H groups in total. The highest BCUT2D eigenvalue weighted by Gasteiger charge is 2.26. The van der Waals surface area contributed by atoms with E-state index in [1.807, 2.05) is 38.1 Å². The third-order valence-corrected chi connectivity index (χ3v) is 3.82. The number of hydrogen-bond donors (Lipinski definition) is 1. The monoisotopic (exact) mass is 352 g/mol. The van der Waals surface area contributed by atoms with Gasteiger partial charge in [0.2, 0.25) is 11.0 Å². The number of nitrogens with zero attached hydrogens (tertiary/aromatic N) is 4. The number of benzene rings is 1. The maximum absolute atomic E-state index is 11.3. The molecule has 0 bridgehead atoms. The molecule has 2 rings (SSSR count). The summed E-state index contributed by atoms with van der Waals surface area (Å²) in [5.41, 5.74) is 1.78. The lowest BCUT2D eigenvalue weighted by Crippen LogP contribution is -2.15. The molecule has 0 saturated heterocycles. The van der Waals surface area contributed by atoms with Crippen LogP contribution in [0.2, 0.25) is 5.15 Å². The van der Waals surface area contributed by atoms with E-state index in [-0.39, 0.29) is 16.7 Å². The molecule has 1 aromatic carbocycles. The van der Waals surface area contributed by atoms with Gasteiger partial charge in [-0.05, 0) is 18.9 Å². The van der Waals surface area contributed by atoms with Crippen LogP contribution < -0.4 is 4.31 Å². The largest absolute Gasteiger partial charge is 0.349 e. The average molecular weight is 353 g/mol. The molecule has 0 saturated carbocycles. The van der Waals surface area contributed by atoms with Gasteiger partial charge in [0.1, 0.15) is 5.82 Å². The Balaban J connectivity index is 2.38. The Bertz CT molecular complexity index is 709. The number of aromatic nitrogens is 2. The van der Waals surface area contributed by atoms with Crippen molar-refractivity contribution in [3.63, 3.8) is 0 Å². The fourth-order valence-electron chi connectivity index (χ4n) is 2.07. The number of anilines is 1. The number of halogens is 1. The maximum Gasteiger partial charge on any atom is 0.349 e. The molecule has 2 aromatic rings. The Morgan fingerprint density at radius 3 is 2.52 bits per heavy atom. The summed E-state index contributed by atoms with van der Waals surface area (Å²) in [6.45, 7) is 4.33. The first-order chi connectivity index (χ1) is 10.9. The van der Waals surface area contributed by atoms with Crippen LogP contribution in [-0.2, 0) is 13.0 Å². The Morgan fingerprint density at radius 2 is 1.96 bits per heavy atom. The lowest BCUT2D eigenvalue weighted by atomic mass is 10.1. The predicted molar refractivity (Wildman–Crippen MR) is 94.0 cm³/mol. The standard InChI is InChI=1S/C15H17ClN4O2S/c1-3-4-12-17-14(16)13(20(21)22)15(18-12)19(23)9-11-7-5-10(2)6-8-11/h5-8,23H,3-4,9H2,1-2H3. The van der Waals surface area contributed by atoms with E-state index >= 15 is 0 Å². The second kappa shape index (κ2) is 7.61. The van der Waals surface area contributed by atoms with Gasteiger partial charge in [0.25, 0.3) is 0 Å². The fourth-order valence-corrected chi connectivity index (χ4v) is 2.63. The molecule has 8 heteroatoms. The first kappa shape index (κ1) is 17.5. The molecule has 0 unspecified atom stereocenters. The van der Waals surface area contributed by atoms with E-state index in [0.29, 0.717) is 18.8 Å². The Morgan fingerprint density at radius 1 is 1.30 bits per heavy atom. The van der Waals surface area contributed by atoms with E-state index in [1.54, 1.807) is 0 Å². The van der Waals surface area contributed by atoms with Crippen LogP contribution in [0.5, 0.6) is 0 Å². The summed E-state index contributed by atoms with van der Waals surface area (Å²) < 4.78 is 1.43. The lowest BCUT2D eigenvalue weighted by molar-refractivity contribution is -0.384. The van der Waals surface area contributed by atoms with E-state index in [1.165, 1.54) is 4.31 Å². The fraction of sp³-hybridized carbons (Fsp3) is 0.333. The summed E-state index contributed by atoms with van der Waals surface area (Å²) in [7, 11) is 0. The van der Waals surface area contributed by atoms with Crippen LogP contribution in [0.15, 0.2) is 24.3 Å². The van der Waals surface area contributed by atoms with Gasteiger partial charge in [-0.25, -0.2) is 9.97 Å². The summed E-state index contributed by atoms with van der Waals surface area (Å²) in [4.78, 5) is 19.0. The summed E-state index contributed by atoms with van der Waals surface area (Å²) in [6, 6.07) is 7.84. The molecule has 0 spiro atoms. The number of nitro groups is 1. The normalized spacial score (nSPS) is 10.6. The molecule has 0 radical (unpaired) electrons. The Hall–Kier alpha value is -1.86. The van der Waals surface area contributed by atoms with Crippen molar-refractivity contribution in [1.29, 1.82) is 0 Å². The first-order valence-electron chi connectivity index (χ1n) is 7.15. The zero-order valence-corrected chi connectivity index (χ0v) is 14.5. The van der Waals surface area contributed by atoms with Crippen molar-refractivity contribution in [1.82, 2.24) is 9.97 Å². The van der Waals surface area contributed by atoms with Gasteiger partial charge in [-0.2, -0.15) is 0 Å². The van der Waals surface area contributed by atoms with E-state index in [4.69, 9.17) is 11.6 Å². The van der Waals surface area contributed by atoms with Gasteiger partial charge in [-0.1, -0.05) is 61.2 Å². The summed E-state index contributed by atoms with van der Waals surface area (Å²) in [5, 5.41) is 11.1. The molecule has 1 aromatic heterocycles. The van der Waals surface area contributed by atoms with Crippen LogP contribution in [0.1, 0.15) is 30.3 Å². The van der Waals surface area contributed by atoms with E-state index in [2.05, 4.69) is 22.8 Å². The predicted octanol–water partition coefficient (Wildman–Crippen LogP) is 4.15. The van der Waals surface area contributed by atoms with E-state index < -0.39 is 4.92 Å². The number of thiol groups is 1. The van der Waals surface area contributed by atoms with Crippen LogP contribution in [0, 0.1) is 17.0 Å². The van der Waals surface area contributed by atoms with Gasteiger partial charge in [0.05, 0.1) is 11.5 Å². The molecule has 0 aliphatic rings. The SMILES string of the molecule is CCCc1nc(Cl)c([N+](=O)[O-])c(N(S)Cc2ccc(C)cc2)n1. The number of hydrogen-bond acceptors (Lipinski definition) is 6. The van der Waals surface area contributed by atoms with Crippen molar-refractivity contribution in [2.75, 3.05) is 4.31 Å². The van der Waals surface area contributed by atoms with Crippen molar-refractivity contribution in [3.8, 4) is 0 Å². The summed E-state index contributed by atoms with van der Waals surface area (Å²) in [5.74, 6) is 0.586. The third kappa shape index (κ3) is 4.33. The molecule has 0 amide bonds. The molecular formula is C15H17ClN4O2S. The zero-order chi connectivity index (χ0) is 17.0. The van der Waals surface area contributed by atoms with Crippen LogP contribution in [0.4, 0.5) is 11.5 Å². The molecule has 0 aliphatic heterocycles. The van der Waals surface area contributed by atoms with Crippen LogP contribution in [0.25, 0.3) is 0 Å². The molecular weight excluding hydrogens is 336 g/mol. The van der Waals surface area contributed by atoms with Crippen molar-refractivity contribution in [2.24, 2.45) is 0 Å². The van der Waals surface area contributed by atoms with Crippen molar-refractivity contribution < 1.29 is 4.92 Å². The highest BCUT2D eigenvalue weighted by molar-refractivity contribution is 7.81. The highest BCUT2D eigenvalue weighted by Crippen LogP contribution is 2.34. The number of rotatable bonds is 6. The van der Waals surface area contributed by atoms with Gasteiger partial charge >= 0.3 is 5.69 Å². The molecule has 23 heavy (non-hydrogen) atoms. The summed E-state index contributed by atoms with van der Waals surface area (Å²) in [6.07, 6.45) is 1.41. The minimum atomic E-state index is -0.578. The van der Waals surface area contributed by atoms with Crippen molar-refractivity contribution >= 4 is 35.9 Å². The molecule has 1 heterocycles. The van der Waals surface area contributed by atoms with Gasteiger partial charge in [-0.15, -0.1) is 0 Å². The van der Waals surface area contributed by atoms with Crippen molar-refractivity contribution in [2.45, 2.75) is 33.2 Å². The smallest absolute Gasteiger partial charge is 0.293 e. The minimum Gasteiger partial charge on any atom is -0.293 e. The molecule has 6 nitrogen and oxygen atoms in total. The maximum atomic E-state index is 11.3. The quantitative estimate of drug-likeness (QED) is 0.366.